The molecule has 2 amide bonds. The number of fused-ring (bicyclic) bond motifs is 1. The molecule has 1 atom stereocenters. The van der Waals surface area contributed by atoms with Crippen LogP contribution in [0, 0.1) is 0 Å². The van der Waals surface area contributed by atoms with Gasteiger partial charge in [-0.15, -0.1) is 17.9 Å². The Kier molecular flexibility index (Phi) is 4.19. The van der Waals surface area contributed by atoms with Gasteiger partial charge in [0.25, 0.3) is 0 Å². The van der Waals surface area contributed by atoms with Crippen molar-refractivity contribution < 1.29 is 10.0 Å². The van der Waals surface area contributed by atoms with Crippen LogP contribution in [0.25, 0.3) is 10.1 Å². The van der Waals surface area contributed by atoms with Crippen molar-refractivity contribution >= 4 is 27.5 Å². The van der Waals surface area contributed by atoms with Gasteiger partial charge in [-0.25, -0.2) is 4.79 Å². The van der Waals surface area contributed by atoms with Gasteiger partial charge in [0.2, 0.25) is 0 Å². The number of carbonyl (C=O) groups is 1. The van der Waals surface area contributed by atoms with Gasteiger partial charge >= 0.3 is 6.03 Å². The predicted molar refractivity (Wildman–Crippen MR) is 77.5 cm³/mol. The van der Waals surface area contributed by atoms with E-state index in [0.29, 0.717) is 11.6 Å². The third kappa shape index (κ3) is 2.94. The maximum atomic E-state index is 11.7. The lowest BCUT2D eigenvalue weighted by Crippen LogP contribution is -2.39. The molecule has 0 aliphatic heterocycles. The van der Waals surface area contributed by atoms with Crippen molar-refractivity contribution in [3.05, 3.63) is 47.9 Å². The number of amides is 2. The first-order valence-electron chi connectivity index (χ1n) is 5.98. The molecule has 100 valence electrons. The van der Waals surface area contributed by atoms with Crippen molar-refractivity contribution in [2.45, 2.75) is 13.0 Å². The first kappa shape index (κ1) is 13.6. The third-order valence-corrected chi connectivity index (χ3v) is 4.12. The van der Waals surface area contributed by atoms with Crippen molar-refractivity contribution in [3.8, 4) is 0 Å². The normalized spacial score (nSPS) is 12.1. The largest absolute Gasteiger partial charge is 0.341 e. The molecule has 5 heteroatoms. The van der Waals surface area contributed by atoms with Crippen LogP contribution in [0.15, 0.2) is 43.0 Å². The number of nitrogens with zero attached hydrogens (tertiary/aromatic N) is 1. The van der Waals surface area contributed by atoms with E-state index < -0.39 is 6.03 Å². The Morgan fingerprint density at radius 3 is 3.00 bits per heavy atom. The van der Waals surface area contributed by atoms with Crippen LogP contribution in [0.1, 0.15) is 17.8 Å². The fraction of sp³-hybridized carbons (Fsp3) is 0.214. The van der Waals surface area contributed by atoms with E-state index >= 15 is 0 Å². The van der Waals surface area contributed by atoms with Gasteiger partial charge < -0.3 is 5.32 Å². The molecule has 0 radical (unpaired) electrons. The van der Waals surface area contributed by atoms with Crippen LogP contribution >= 0.6 is 11.3 Å². The number of benzene rings is 1. The quantitative estimate of drug-likeness (QED) is 0.510. The van der Waals surface area contributed by atoms with Gasteiger partial charge in [-0.05, 0) is 24.4 Å². The molecule has 2 aromatic rings. The standard InChI is InChI=1S/C14H16N2O2S/c1-3-8-15-14(17)16(18)10(2)13-9-11-6-4-5-7-12(11)19-13/h3-7,9-10,18H,1,8H2,2H3,(H,15,17). The van der Waals surface area contributed by atoms with Crippen LogP contribution in [0.4, 0.5) is 4.79 Å². The number of nitrogens with one attached hydrogen (secondary N) is 1. The first-order valence-corrected chi connectivity index (χ1v) is 6.80. The zero-order chi connectivity index (χ0) is 13.8. The second-order valence-corrected chi connectivity index (χ2v) is 5.30. The van der Waals surface area contributed by atoms with Crippen LogP contribution < -0.4 is 5.32 Å². The number of carbonyl (C=O) groups excluding carboxylic acids is 1. The van der Waals surface area contributed by atoms with E-state index in [0.717, 1.165) is 15.0 Å². The van der Waals surface area contributed by atoms with Gasteiger partial charge in [-0.3, -0.25) is 5.21 Å². The molecule has 2 rings (SSSR count). The zero-order valence-electron chi connectivity index (χ0n) is 10.7. The first-order chi connectivity index (χ1) is 9.13. The Labute approximate surface area is 115 Å². The fourth-order valence-corrected chi connectivity index (χ4v) is 2.85. The maximum Gasteiger partial charge on any atom is 0.341 e. The van der Waals surface area contributed by atoms with Crippen molar-refractivity contribution in [1.29, 1.82) is 0 Å². The molecule has 0 fully saturated rings. The molecule has 4 nitrogen and oxygen atoms in total. The van der Waals surface area contributed by atoms with Crippen LogP contribution in [0.2, 0.25) is 0 Å². The Morgan fingerprint density at radius 2 is 2.32 bits per heavy atom. The lowest BCUT2D eigenvalue weighted by molar-refractivity contribution is -0.0731. The smallest absolute Gasteiger partial charge is 0.333 e. The highest BCUT2D eigenvalue weighted by atomic mass is 32.1. The molecule has 0 bridgehead atoms. The van der Waals surface area contributed by atoms with Gasteiger partial charge in [0.05, 0.1) is 6.04 Å². The summed E-state index contributed by atoms with van der Waals surface area (Å²) in [5.41, 5.74) is 0. The summed E-state index contributed by atoms with van der Waals surface area (Å²) in [6.07, 6.45) is 1.57. The van der Waals surface area contributed by atoms with E-state index in [9.17, 15) is 10.0 Å². The maximum absolute atomic E-state index is 11.7. The Hall–Kier alpha value is -1.85. The minimum atomic E-state index is -0.523. The van der Waals surface area contributed by atoms with E-state index in [4.69, 9.17) is 0 Å². The number of urea groups is 1. The summed E-state index contributed by atoms with van der Waals surface area (Å²) in [6, 6.07) is 9.07. The number of hydroxylamine groups is 2. The van der Waals surface area contributed by atoms with Gasteiger partial charge in [0.15, 0.2) is 0 Å². The molecule has 1 aromatic heterocycles. The lowest BCUT2D eigenvalue weighted by atomic mass is 10.2. The number of hydrogen-bond acceptors (Lipinski definition) is 3. The summed E-state index contributed by atoms with van der Waals surface area (Å²) in [4.78, 5) is 12.6. The average molecular weight is 276 g/mol. The summed E-state index contributed by atoms with van der Waals surface area (Å²) in [5.74, 6) is 0. The molecule has 0 aliphatic carbocycles. The Bertz CT molecular complexity index is 561. The third-order valence-electron chi connectivity index (χ3n) is 2.83. The van der Waals surface area contributed by atoms with Crippen molar-refractivity contribution in [2.24, 2.45) is 0 Å². The monoisotopic (exact) mass is 276 g/mol. The zero-order valence-corrected chi connectivity index (χ0v) is 11.5. The topological polar surface area (TPSA) is 52.6 Å². The highest BCUT2D eigenvalue weighted by Gasteiger charge is 2.20. The average Bonchev–Trinajstić information content (AvgIpc) is 2.86. The second-order valence-electron chi connectivity index (χ2n) is 4.18. The second kappa shape index (κ2) is 5.86. The molecule has 0 spiro atoms. The fourth-order valence-electron chi connectivity index (χ4n) is 1.75. The van der Waals surface area contributed by atoms with Crippen molar-refractivity contribution in [3.63, 3.8) is 0 Å². The van der Waals surface area contributed by atoms with Gasteiger partial charge in [0.1, 0.15) is 0 Å². The molecule has 0 saturated heterocycles. The number of rotatable bonds is 4. The predicted octanol–water partition coefficient (Wildman–Crippen LogP) is 3.55. The molecule has 19 heavy (non-hydrogen) atoms. The van der Waals surface area contributed by atoms with Crippen LogP contribution in [-0.4, -0.2) is 22.8 Å². The molecule has 1 unspecified atom stereocenters. The number of thiophene rings is 1. The van der Waals surface area contributed by atoms with Crippen molar-refractivity contribution in [1.82, 2.24) is 10.4 Å². The summed E-state index contributed by atoms with van der Waals surface area (Å²) in [5, 5.41) is 14.3. The van der Waals surface area contributed by atoms with Gasteiger partial charge in [-0.2, -0.15) is 5.06 Å². The van der Waals surface area contributed by atoms with Crippen LogP contribution in [0.5, 0.6) is 0 Å². The SMILES string of the molecule is C=CCNC(=O)N(O)C(C)c1cc2ccccc2s1. The van der Waals surface area contributed by atoms with E-state index in [2.05, 4.69) is 11.9 Å². The van der Waals surface area contributed by atoms with E-state index in [1.807, 2.05) is 30.3 Å². The summed E-state index contributed by atoms with van der Waals surface area (Å²) >= 11 is 1.57. The molecule has 2 N–H and O–H groups in total. The molecule has 0 aliphatic rings. The number of hydrogen-bond donors (Lipinski definition) is 2. The van der Waals surface area contributed by atoms with Crippen LogP contribution in [0.3, 0.4) is 0 Å². The summed E-state index contributed by atoms with van der Waals surface area (Å²) < 4.78 is 1.14. The summed E-state index contributed by atoms with van der Waals surface area (Å²) in [7, 11) is 0. The van der Waals surface area contributed by atoms with Crippen LogP contribution in [-0.2, 0) is 0 Å². The molecule has 1 heterocycles. The van der Waals surface area contributed by atoms with Gasteiger partial charge in [-0.1, -0.05) is 24.3 Å². The Balaban J connectivity index is 2.16. The van der Waals surface area contributed by atoms with Gasteiger partial charge in [0, 0.05) is 16.1 Å². The summed E-state index contributed by atoms with van der Waals surface area (Å²) in [6.45, 7) is 5.63. The molecule has 0 saturated carbocycles. The molecule has 1 aromatic carbocycles. The van der Waals surface area contributed by atoms with Crippen molar-refractivity contribution in [2.75, 3.05) is 6.54 Å². The van der Waals surface area contributed by atoms with E-state index in [-0.39, 0.29) is 6.04 Å². The lowest BCUT2D eigenvalue weighted by Gasteiger charge is -2.21. The minimum absolute atomic E-state index is 0.328. The van der Waals surface area contributed by atoms with E-state index in [1.54, 1.807) is 24.3 Å². The van der Waals surface area contributed by atoms with E-state index in [1.165, 1.54) is 0 Å². The Morgan fingerprint density at radius 1 is 1.58 bits per heavy atom. The highest BCUT2D eigenvalue weighted by Crippen LogP contribution is 2.31. The highest BCUT2D eigenvalue weighted by molar-refractivity contribution is 7.19. The molecular formula is C14H16N2O2S. The minimum Gasteiger partial charge on any atom is -0.333 e. The molecular weight excluding hydrogens is 260 g/mol.